The molecule has 0 aliphatic heterocycles. The largest absolute Gasteiger partial charge is 0.379 e. The first-order valence-corrected chi connectivity index (χ1v) is 7.55. The molecule has 1 unspecified atom stereocenters. The number of rotatable bonds is 14. The Morgan fingerprint density at radius 3 is 1.78 bits per heavy atom. The molecule has 0 fully saturated rings. The van der Waals surface area contributed by atoms with E-state index in [9.17, 15) is 0 Å². The molecule has 0 rings (SSSR count). The maximum absolute atomic E-state index is 8.15. The summed E-state index contributed by atoms with van der Waals surface area (Å²) in [7, 11) is 0. The Morgan fingerprint density at radius 2 is 1.30 bits per heavy atom. The molecular formula is C16H21N5O6. The highest BCUT2D eigenvalue weighted by molar-refractivity contribution is 4.68. The summed E-state index contributed by atoms with van der Waals surface area (Å²) in [6.07, 6.45) is -0.259. The van der Waals surface area contributed by atoms with Crippen LogP contribution < -0.4 is 0 Å². The van der Waals surface area contributed by atoms with Gasteiger partial charge in [0.1, 0.15) is 19.3 Å². The van der Waals surface area contributed by atoms with Gasteiger partial charge in [-0.3, -0.25) is 19.3 Å². The monoisotopic (exact) mass is 379 g/mol. The minimum absolute atomic E-state index is 0.000874. The summed E-state index contributed by atoms with van der Waals surface area (Å²) >= 11 is 0. The summed E-state index contributed by atoms with van der Waals surface area (Å²) in [6, 6.07) is 3.42. The summed E-state index contributed by atoms with van der Waals surface area (Å²) in [5.74, 6) is 0. The van der Waals surface area contributed by atoms with Gasteiger partial charge >= 0.3 is 20.2 Å². The van der Waals surface area contributed by atoms with E-state index in [1.165, 1.54) is 0 Å². The smallest absolute Gasteiger partial charge is 0.322 e. The predicted molar refractivity (Wildman–Crippen MR) is 89.7 cm³/mol. The van der Waals surface area contributed by atoms with Gasteiger partial charge in [-0.1, -0.05) is 0 Å². The fourth-order valence-corrected chi connectivity index (χ4v) is 1.22. The van der Waals surface area contributed by atoms with Crippen LogP contribution in [0.25, 0.3) is 14.5 Å². The molecule has 0 N–H and O–H groups in total. The summed E-state index contributed by atoms with van der Waals surface area (Å²) in [4.78, 5) is 9.00. The average molecular weight is 379 g/mol. The molecule has 0 heterocycles. The summed E-state index contributed by atoms with van der Waals surface area (Å²) in [5, 5.41) is 16.3. The van der Waals surface area contributed by atoms with Crippen LogP contribution in [0, 0.1) is 42.4 Å². The van der Waals surface area contributed by atoms with Crippen LogP contribution in [-0.2, 0) is 28.4 Å². The lowest BCUT2D eigenvalue weighted by molar-refractivity contribution is -0.273. The highest BCUT2D eigenvalue weighted by atomic mass is 16.8. The molecule has 0 bridgehead atoms. The lowest BCUT2D eigenvalue weighted by atomic mass is 10.4. The molecule has 0 saturated heterocycles. The highest BCUT2D eigenvalue weighted by Gasteiger charge is 2.11. The third kappa shape index (κ3) is 21.2. The molecule has 0 amide bonds. The second-order valence-electron chi connectivity index (χ2n) is 4.07. The average Bonchev–Trinajstić information content (AvgIpc) is 2.69. The molecular weight excluding hydrogens is 358 g/mol. The number of hydrogen-bond acceptors (Lipinski definition) is 8. The normalized spacial score (nSPS) is 10.3. The Bertz CT molecular complexity index is 511. The zero-order valence-electron chi connectivity index (χ0n) is 15.0. The van der Waals surface area contributed by atoms with Gasteiger partial charge in [0.05, 0.1) is 25.4 Å². The van der Waals surface area contributed by atoms with Crippen molar-refractivity contribution in [2.45, 2.75) is 19.5 Å². The first-order chi connectivity index (χ1) is 13.2. The quantitative estimate of drug-likeness (QED) is 0.253. The van der Waals surface area contributed by atoms with Crippen molar-refractivity contribution in [3.05, 3.63) is 34.3 Å². The second kappa shape index (κ2) is 23.2. The molecule has 0 radical (unpaired) electrons. The molecule has 0 saturated carbocycles. The summed E-state index contributed by atoms with van der Waals surface area (Å²) in [6.45, 7) is 20.9. The van der Waals surface area contributed by atoms with Crippen LogP contribution in [0.1, 0.15) is 6.92 Å². The van der Waals surface area contributed by atoms with E-state index < -0.39 is 6.48 Å². The van der Waals surface area contributed by atoms with Crippen LogP contribution in [0.5, 0.6) is 0 Å². The molecule has 0 aromatic carbocycles. The maximum Gasteiger partial charge on any atom is 0.322 e. The van der Waals surface area contributed by atoms with Gasteiger partial charge in [0, 0.05) is 6.61 Å². The maximum atomic E-state index is 8.15. The minimum atomic E-state index is -1.12. The van der Waals surface area contributed by atoms with Crippen molar-refractivity contribution in [3.8, 4) is 12.1 Å². The molecule has 0 aliphatic rings. The van der Waals surface area contributed by atoms with Gasteiger partial charge < -0.3 is 23.7 Å². The van der Waals surface area contributed by atoms with Crippen LogP contribution >= 0.6 is 0 Å². The Hall–Kier alpha value is -2.79. The van der Waals surface area contributed by atoms with Gasteiger partial charge in [0.2, 0.25) is 0 Å². The van der Waals surface area contributed by atoms with Crippen molar-refractivity contribution in [1.29, 1.82) is 10.5 Å². The topological polar surface area (TPSA) is 116 Å². The molecule has 1 atom stereocenters. The van der Waals surface area contributed by atoms with Crippen LogP contribution in [0.4, 0.5) is 0 Å². The van der Waals surface area contributed by atoms with Crippen LogP contribution in [0.3, 0.4) is 0 Å². The van der Waals surface area contributed by atoms with E-state index in [2.05, 4.69) is 14.5 Å². The van der Waals surface area contributed by atoms with Gasteiger partial charge in [0.25, 0.3) is 6.48 Å². The number of hydrogen-bond donors (Lipinski definition) is 0. The van der Waals surface area contributed by atoms with E-state index in [0.717, 1.165) is 0 Å². The minimum Gasteiger partial charge on any atom is -0.379 e. The van der Waals surface area contributed by atoms with E-state index in [4.69, 9.17) is 58.7 Å². The van der Waals surface area contributed by atoms with E-state index in [-0.39, 0.29) is 46.1 Å². The number of ether oxygens (including phenoxy) is 6. The molecule has 27 heavy (non-hydrogen) atoms. The van der Waals surface area contributed by atoms with E-state index in [1.54, 1.807) is 12.1 Å². The molecule has 0 aromatic heterocycles. The van der Waals surface area contributed by atoms with E-state index >= 15 is 0 Å². The Balaban J connectivity index is 0. The predicted octanol–water partition coefficient (Wildman–Crippen LogP) is 1.42. The lowest BCUT2D eigenvalue weighted by Gasteiger charge is -2.12. The van der Waals surface area contributed by atoms with E-state index in [1.807, 2.05) is 6.92 Å². The molecule has 0 aliphatic carbocycles. The third-order valence-electron chi connectivity index (χ3n) is 2.19. The van der Waals surface area contributed by atoms with Gasteiger partial charge in [-0.2, -0.15) is 10.5 Å². The van der Waals surface area contributed by atoms with Crippen molar-refractivity contribution in [1.82, 2.24) is 0 Å². The summed E-state index contributed by atoms with van der Waals surface area (Å²) < 4.78 is 29.3. The fourth-order valence-electron chi connectivity index (χ4n) is 1.22. The Labute approximate surface area is 158 Å². The molecule has 0 spiro atoms. The number of nitriles is 2. The van der Waals surface area contributed by atoms with Gasteiger partial charge in [-0.15, -0.1) is 0 Å². The Kier molecular flexibility index (Phi) is 22.7. The molecule has 11 heteroatoms. The standard InChI is InChI=1S/C9H14N2O3.C7H7N3O3/c1-4-12-5-9(14-8-11-3)6-13-7-10-2;1-10-6-13-7(11-4-2-8)12-5-3-9/h9H,4-8H2,1H3;7H,4-6H2. The van der Waals surface area contributed by atoms with Crippen molar-refractivity contribution < 1.29 is 28.4 Å². The van der Waals surface area contributed by atoms with Gasteiger partial charge in [-0.05, 0) is 6.92 Å². The molecule has 0 aromatic rings. The highest BCUT2D eigenvalue weighted by Crippen LogP contribution is 1.97. The first kappa shape index (κ1) is 26.4. The zero-order chi connectivity index (χ0) is 20.6. The van der Waals surface area contributed by atoms with Gasteiger partial charge in [-0.25, -0.2) is 19.7 Å². The summed E-state index contributed by atoms with van der Waals surface area (Å²) in [5.41, 5.74) is 0. The third-order valence-corrected chi connectivity index (χ3v) is 2.19. The van der Waals surface area contributed by atoms with Crippen molar-refractivity contribution in [2.75, 3.05) is 53.2 Å². The zero-order valence-corrected chi connectivity index (χ0v) is 15.0. The van der Waals surface area contributed by atoms with Crippen molar-refractivity contribution >= 4 is 0 Å². The number of nitrogens with zero attached hydrogens (tertiary/aromatic N) is 5. The molecule has 11 nitrogen and oxygen atoms in total. The first-order valence-electron chi connectivity index (χ1n) is 7.55. The second-order valence-corrected chi connectivity index (χ2v) is 4.07. The molecule has 146 valence electrons. The van der Waals surface area contributed by atoms with Gasteiger partial charge in [0.15, 0.2) is 0 Å². The lowest BCUT2D eigenvalue weighted by Crippen LogP contribution is -2.25. The van der Waals surface area contributed by atoms with Crippen molar-refractivity contribution in [2.24, 2.45) is 0 Å². The Morgan fingerprint density at radius 1 is 0.778 bits per heavy atom. The SMILES string of the molecule is [C-]#[N+]COC(OCC#N)OCC#N.[C-]#[N+]COCC(COCC)OC[N+]#[C-]. The van der Waals surface area contributed by atoms with Crippen molar-refractivity contribution in [3.63, 3.8) is 0 Å². The fraction of sp³-hybridized carbons (Fsp3) is 0.688. The van der Waals surface area contributed by atoms with E-state index in [0.29, 0.717) is 13.2 Å². The van der Waals surface area contributed by atoms with Crippen LogP contribution in [0.2, 0.25) is 0 Å². The van der Waals surface area contributed by atoms with Crippen LogP contribution in [0.15, 0.2) is 0 Å². The van der Waals surface area contributed by atoms with Crippen LogP contribution in [-0.4, -0.2) is 65.8 Å².